The van der Waals surface area contributed by atoms with Crippen molar-refractivity contribution in [3.05, 3.63) is 0 Å². The lowest BCUT2D eigenvalue weighted by Crippen LogP contribution is -2.60. The predicted octanol–water partition coefficient (Wildman–Crippen LogP) is -1.95. The van der Waals surface area contributed by atoms with Crippen LogP contribution in [0.4, 0.5) is 0 Å². The van der Waals surface area contributed by atoms with Crippen LogP contribution in [0, 0.1) is 0 Å². The van der Waals surface area contributed by atoms with Gasteiger partial charge in [-0.1, -0.05) is 20.3 Å². The van der Waals surface area contributed by atoms with Crippen LogP contribution in [-0.2, 0) is 14.2 Å². The Morgan fingerprint density at radius 3 is 1.77 bits per heavy atom. The molecule has 11 atom stereocenters. The Kier molecular flexibility index (Phi) is 9.44. The summed E-state index contributed by atoms with van der Waals surface area (Å²) in [6, 6.07) is 0. The molecule has 0 spiro atoms. The molecule has 2 saturated heterocycles. The van der Waals surface area contributed by atoms with Gasteiger partial charge in [-0.2, -0.15) is 0 Å². The summed E-state index contributed by atoms with van der Waals surface area (Å²) in [6.45, 7) is 4.99. The van der Waals surface area contributed by atoms with Crippen LogP contribution in [-0.4, -0.2) is 116 Å². The van der Waals surface area contributed by atoms with Gasteiger partial charge in [-0.3, -0.25) is 0 Å². The van der Waals surface area contributed by atoms with Crippen molar-refractivity contribution in [2.45, 2.75) is 113 Å². The first-order valence-electron chi connectivity index (χ1n) is 10.7. The predicted molar refractivity (Wildman–Crippen MR) is 105 cm³/mol. The second-order valence-electron chi connectivity index (χ2n) is 8.68. The number of rotatable bonds is 9. The molecule has 30 heavy (non-hydrogen) atoms. The van der Waals surface area contributed by atoms with Crippen molar-refractivity contribution in [3.63, 3.8) is 0 Å². The van der Waals surface area contributed by atoms with Crippen molar-refractivity contribution in [2.24, 2.45) is 0 Å². The topological polar surface area (TPSA) is 169 Å². The smallest absolute Gasteiger partial charge is 0.111 e. The maximum absolute atomic E-state index is 10.3. The number of hydrogen-bond donors (Lipinski definition) is 7. The molecule has 2 aliphatic heterocycles. The van der Waals surface area contributed by atoms with E-state index in [1.807, 2.05) is 6.92 Å². The molecule has 0 bridgehead atoms. The van der Waals surface area contributed by atoms with Gasteiger partial charge < -0.3 is 50.0 Å². The standard InChI is InChI=1S/C20H38O10/c1-4-6-20(3,7-11-15(23)19(27)16(24)12(8-21)30-11)28-9-13-17(25)18(26)14(22)10(5-2)29-13/h10-19,21-27H,4-9H2,1-3H3. The van der Waals surface area contributed by atoms with Gasteiger partial charge in [0, 0.05) is 6.42 Å². The molecule has 7 N–H and O–H groups in total. The van der Waals surface area contributed by atoms with E-state index in [1.54, 1.807) is 13.8 Å². The van der Waals surface area contributed by atoms with E-state index in [9.17, 15) is 35.7 Å². The van der Waals surface area contributed by atoms with Crippen molar-refractivity contribution in [1.29, 1.82) is 0 Å². The summed E-state index contributed by atoms with van der Waals surface area (Å²) >= 11 is 0. The molecule has 2 rings (SSSR count). The van der Waals surface area contributed by atoms with E-state index in [1.165, 1.54) is 0 Å². The number of hydrogen-bond acceptors (Lipinski definition) is 10. The zero-order valence-corrected chi connectivity index (χ0v) is 17.9. The Labute approximate surface area is 177 Å². The largest absolute Gasteiger partial charge is 0.394 e. The molecule has 10 heteroatoms. The third-order valence-electron chi connectivity index (χ3n) is 6.21. The van der Waals surface area contributed by atoms with E-state index >= 15 is 0 Å². The van der Waals surface area contributed by atoms with E-state index in [-0.39, 0.29) is 13.0 Å². The lowest BCUT2D eigenvalue weighted by Gasteiger charge is -2.44. The Morgan fingerprint density at radius 2 is 1.23 bits per heavy atom. The minimum absolute atomic E-state index is 0.0601. The summed E-state index contributed by atoms with van der Waals surface area (Å²) in [6.07, 6.45) is -9.53. The summed E-state index contributed by atoms with van der Waals surface area (Å²) in [5.74, 6) is 0. The minimum Gasteiger partial charge on any atom is -0.394 e. The van der Waals surface area contributed by atoms with Crippen molar-refractivity contribution < 1.29 is 50.0 Å². The van der Waals surface area contributed by atoms with Gasteiger partial charge in [0.1, 0.15) is 48.8 Å². The second kappa shape index (κ2) is 11.0. The summed E-state index contributed by atoms with van der Waals surface area (Å²) in [7, 11) is 0. The molecule has 11 unspecified atom stereocenters. The van der Waals surface area contributed by atoms with Crippen LogP contribution in [0.1, 0.15) is 46.5 Å². The lowest BCUT2D eigenvalue weighted by atomic mass is 9.86. The second-order valence-corrected chi connectivity index (χ2v) is 8.68. The average molecular weight is 439 g/mol. The molecule has 0 saturated carbocycles. The van der Waals surface area contributed by atoms with E-state index in [2.05, 4.69) is 0 Å². The maximum Gasteiger partial charge on any atom is 0.111 e. The Bertz CT molecular complexity index is 518. The highest BCUT2D eigenvalue weighted by Crippen LogP contribution is 2.32. The van der Waals surface area contributed by atoms with E-state index in [0.29, 0.717) is 12.8 Å². The number of aliphatic hydroxyl groups is 7. The molecule has 2 heterocycles. The molecule has 10 nitrogen and oxygen atoms in total. The van der Waals surface area contributed by atoms with Gasteiger partial charge in [0.25, 0.3) is 0 Å². The van der Waals surface area contributed by atoms with Crippen molar-refractivity contribution in [1.82, 2.24) is 0 Å². The van der Waals surface area contributed by atoms with Gasteiger partial charge >= 0.3 is 0 Å². The molecule has 178 valence electrons. The number of ether oxygens (including phenoxy) is 3. The van der Waals surface area contributed by atoms with Crippen LogP contribution in [0.25, 0.3) is 0 Å². The Morgan fingerprint density at radius 1 is 0.733 bits per heavy atom. The first-order valence-corrected chi connectivity index (χ1v) is 10.7. The van der Waals surface area contributed by atoms with Gasteiger partial charge in [0.05, 0.1) is 31.0 Å². The van der Waals surface area contributed by atoms with Crippen molar-refractivity contribution in [3.8, 4) is 0 Å². The normalized spacial score (nSPS) is 44.6. The quantitative estimate of drug-likeness (QED) is 0.215. The van der Waals surface area contributed by atoms with E-state index in [0.717, 1.165) is 6.42 Å². The molecule has 0 aromatic rings. The van der Waals surface area contributed by atoms with Crippen molar-refractivity contribution >= 4 is 0 Å². The van der Waals surface area contributed by atoms with E-state index in [4.69, 9.17) is 14.2 Å². The maximum atomic E-state index is 10.3. The van der Waals surface area contributed by atoms with Crippen LogP contribution in [0.3, 0.4) is 0 Å². The first-order chi connectivity index (χ1) is 14.1. The summed E-state index contributed by atoms with van der Waals surface area (Å²) < 4.78 is 17.4. The van der Waals surface area contributed by atoms with Crippen LogP contribution in [0.5, 0.6) is 0 Å². The average Bonchev–Trinajstić information content (AvgIpc) is 2.72. The highest BCUT2D eigenvalue weighted by Gasteiger charge is 2.47. The molecule has 0 radical (unpaired) electrons. The third kappa shape index (κ3) is 5.69. The molecule has 0 aromatic heterocycles. The van der Waals surface area contributed by atoms with Crippen molar-refractivity contribution in [2.75, 3.05) is 13.2 Å². The molecule has 2 aliphatic rings. The fourth-order valence-corrected chi connectivity index (χ4v) is 4.32. The molecule has 2 fully saturated rings. The zero-order valence-electron chi connectivity index (χ0n) is 17.9. The first kappa shape index (κ1) is 25.9. The molecule has 0 aliphatic carbocycles. The molecular formula is C20H38O10. The zero-order chi connectivity index (χ0) is 22.6. The molecular weight excluding hydrogens is 400 g/mol. The fraction of sp³-hybridized carbons (Fsp3) is 1.00. The Balaban J connectivity index is 2.06. The summed E-state index contributed by atoms with van der Waals surface area (Å²) in [4.78, 5) is 0. The van der Waals surface area contributed by atoms with Gasteiger partial charge in [-0.25, -0.2) is 0 Å². The molecule has 0 aromatic carbocycles. The fourth-order valence-electron chi connectivity index (χ4n) is 4.32. The van der Waals surface area contributed by atoms with Crippen LogP contribution < -0.4 is 0 Å². The van der Waals surface area contributed by atoms with Crippen LogP contribution in [0.15, 0.2) is 0 Å². The van der Waals surface area contributed by atoms with Gasteiger partial charge in [0.2, 0.25) is 0 Å². The monoisotopic (exact) mass is 438 g/mol. The summed E-state index contributed by atoms with van der Waals surface area (Å²) in [5.41, 5.74) is -0.839. The summed E-state index contributed by atoms with van der Waals surface area (Å²) in [5, 5.41) is 70.1. The highest BCUT2D eigenvalue weighted by atomic mass is 16.6. The van der Waals surface area contributed by atoms with Gasteiger partial charge in [-0.15, -0.1) is 0 Å². The Hall–Kier alpha value is -0.400. The van der Waals surface area contributed by atoms with Gasteiger partial charge in [-0.05, 0) is 19.8 Å². The highest BCUT2D eigenvalue weighted by molar-refractivity contribution is 4.96. The van der Waals surface area contributed by atoms with Crippen LogP contribution >= 0.6 is 0 Å². The third-order valence-corrected chi connectivity index (χ3v) is 6.21. The van der Waals surface area contributed by atoms with Crippen LogP contribution in [0.2, 0.25) is 0 Å². The number of aliphatic hydroxyl groups excluding tert-OH is 7. The SMILES string of the molecule is CCCC(C)(CC1OC(CO)C(O)C(O)C1O)OCC1OC(CC)C(O)C(O)C1O. The minimum atomic E-state index is -1.46. The molecule has 0 amide bonds. The van der Waals surface area contributed by atoms with E-state index < -0.39 is 73.2 Å². The lowest BCUT2D eigenvalue weighted by molar-refractivity contribution is -0.254. The van der Waals surface area contributed by atoms with Gasteiger partial charge in [0.15, 0.2) is 0 Å².